The van der Waals surface area contributed by atoms with Gasteiger partial charge in [-0.25, -0.2) is 4.98 Å². The third-order valence-electron chi connectivity index (χ3n) is 3.68. The third-order valence-corrected chi connectivity index (χ3v) is 3.68. The summed E-state index contributed by atoms with van der Waals surface area (Å²) < 4.78 is 7.59. The summed E-state index contributed by atoms with van der Waals surface area (Å²) in [5.41, 5.74) is 2.23. The molecule has 0 atom stereocenters. The number of nitrogens with zero attached hydrogens (tertiary/aromatic N) is 2. The summed E-state index contributed by atoms with van der Waals surface area (Å²) in [6.45, 7) is 0.571. The molecular weight excluding hydrogens is 278 g/mol. The predicted molar refractivity (Wildman–Crippen MR) is 83.3 cm³/mol. The number of hydrogen-bond donors (Lipinski definition) is 2. The van der Waals surface area contributed by atoms with Crippen LogP contribution in [0.4, 0.5) is 0 Å². The molecule has 0 spiro atoms. The maximum absolute atomic E-state index is 9.11. The minimum Gasteiger partial charge on any atom is -0.455 e. The van der Waals surface area contributed by atoms with Crippen molar-refractivity contribution in [1.29, 1.82) is 0 Å². The predicted octanol–water partition coefficient (Wildman–Crippen LogP) is 3.17. The largest absolute Gasteiger partial charge is 0.455 e. The van der Waals surface area contributed by atoms with Crippen molar-refractivity contribution in [2.75, 3.05) is 0 Å². The van der Waals surface area contributed by atoms with Crippen molar-refractivity contribution >= 4 is 10.9 Å². The SMILES string of the molecule is OCc1ccc(-c2nccn2Cc2cc3ccccc3[nH]2)o1. The van der Waals surface area contributed by atoms with Crippen LogP contribution in [-0.2, 0) is 13.2 Å². The Labute approximate surface area is 126 Å². The fraction of sp³-hybridized carbons (Fsp3) is 0.118. The standard InChI is InChI=1S/C17H15N3O2/c21-11-14-5-6-16(22-14)17-18-7-8-20(17)10-13-9-12-3-1-2-4-15(12)19-13/h1-9,19,21H,10-11H2. The van der Waals surface area contributed by atoms with E-state index in [4.69, 9.17) is 9.52 Å². The number of imidazole rings is 1. The zero-order chi connectivity index (χ0) is 14.9. The van der Waals surface area contributed by atoms with E-state index in [1.54, 1.807) is 12.3 Å². The lowest BCUT2D eigenvalue weighted by atomic mass is 10.2. The number of hydrogen-bond acceptors (Lipinski definition) is 3. The Balaban J connectivity index is 1.67. The molecule has 5 heteroatoms. The Bertz CT molecular complexity index is 884. The highest BCUT2D eigenvalue weighted by molar-refractivity contribution is 5.80. The number of aliphatic hydroxyl groups is 1. The number of aromatic nitrogens is 3. The van der Waals surface area contributed by atoms with Gasteiger partial charge in [-0.15, -0.1) is 0 Å². The van der Waals surface area contributed by atoms with Crippen LogP contribution in [0, 0.1) is 0 Å². The van der Waals surface area contributed by atoms with E-state index in [2.05, 4.69) is 28.2 Å². The van der Waals surface area contributed by atoms with Gasteiger partial charge in [0.25, 0.3) is 0 Å². The van der Waals surface area contributed by atoms with Crippen LogP contribution < -0.4 is 0 Å². The summed E-state index contributed by atoms with van der Waals surface area (Å²) >= 11 is 0. The Kier molecular flexibility index (Phi) is 3.05. The summed E-state index contributed by atoms with van der Waals surface area (Å²) in [7, 11) is 0. The maximum atomic E-state index is 9.11. The molecule has 0 saturated carbocycles. The highest BCUT2D eigenvalue weighted by Crippen LogP contribution is 2.22. The first-order valence-electron chi connectivity index (χ1n) is 7.11. The van der Waals surface area contributed by atoms with E-state index < -0.39 is 0 Å². The molecule has 0 aliphatic rings. The van der Waals surface area contributed by atoms with E-state index in [9.17, 15) is 0 Å². The van der Waals surface area contributed by atoms with E-state index >= 15 is 0 Å². The lowest BCUT2D eigenvalue weighted by Gasteiger charge is -2.04. The molecule has 0 fully saturated rings. The van der Waals surface area contributed by atoms with Crippen LogP contribution >= 0.6 is 0 Å². The molecule has 1 aromatic carbocycles. The average Bonchev–Trinajstić information content (AvgIpc) is 3.25. The van der Waals surface area contributed by atoms with Crippen molar-refractivity contribution in [2.45, 2.75) is 13.2 Å². The monoisotopic (exact) mass is 293 g/mol. The van der Waals surface area contributed by atoms with Crippen molar-refractivity contribution in [3.05, 3.63) is 66.3 Å². The Morgan fingerprint density at radius 2 is 2.09 bits per heavy atom. The van der Waals surface area contributed by atoms with E-state index in [0.29, 0.717) is 18.1 Å². The van der Waals surface area contributed by atoms with Gasteiger partial charge in [-0.1, -0.05) is 18.2 Å². The van der Waals surface area contributed by atoms with E-state index in [1.807, 2.05) is 29.0 Å². The second-order valence-electron chi connectivity index (χ2n) is 5.18. The molecule has 110 valence electrons. The van der Waals surface area contributed by atoms with Crippen molar-refractivity contribution in [1.82, 2.24) is 14.5 Å². The van der Waals surface area contributed by atoms with Gasteiger partial charge in [-0.05, 0) is 29.7 Å². The molecule has 0 radical (unpaired) electrons. The van der Waals surface area contributed by atoms with E-state index in [-0.39, 0.29) is 6.61 Å². The minimum absolute atomic E-state index is 0.108. The highest BCUT2D eigenvalue weighted by atomic mass is 16.4. The van der Waals surface area contributed by atoms with Crippen LogP contribution in [0.3, 0.4) is 0 Å². The van der Waals surface area contributed by atoms with Crippen molar-refractivity contribution in [3.8, 4) is 11.6 Å². The molecule has 2 N–H and O–H groups in total. The molecule has 4 rings (SSSR count). The molecular formula is C17H15N3O2. The first-order chi connectivity index (χ1) is 10.8. The van der Waals surface area contributed by atoms with Crippen molar-refractivity contribution < 1.29 is 9.52 Å². The van der Waals surface area contributed by atoms with Gasteiger partial charge in [-0.2, -0.15) is 0 Å². The van der Waals surface area contributed by atoms with Crippen LogP contribution in [0.15, 0.2) is 59.3 Å². The molecule has 0 amide bonds. The van der Waals surface area contributed by atoms with Crippen LogP contribution in [0.5, 0.6) is 0 Å². The van der Waals surface area contributed by atoms with Crippen LogP contribution in [0.1, 0.15) is 11.5 Å². The van der Waals surface area contributed by atoms with Gasteiger partial charge in [0.15, 0.2) is 11.6 Å². The van der Waals surface area contributed by atoms with Crippen LogP contribution in [0.2, 0.25) is 0 Å². The second kappa shape index (κ2) is 5.20. The van der Waals surface area contributed by atoms with E-state index in [1.165, 1.54) is 5.39 Å². The van der Waals surface area contributed by atoms with Gasteiger partial charge >= 0.3 is 0 Å². The molecule has 0 bridgehead atoms. The van der Waals surface area contributed by atoms with Gasteiger partial charge in [0.1, 0.15) is 12.4 Å². The normalized spacial score (nSPS) is 11.3. The number of aliphatic hydroxyl groups excluding tert-OH is 1. The average molecular weight is 293 g/mol. The molecule has 0 aliphatic carbocycles. The lowest BCUT2D eigenvalue weighted by molar-refractivity contribution is 0.248. The topological polar surface area (TPSA) is 67.0 Å². The molecule has 0 unspecified atom stereocenters. The molecule has 22 heavy (non-hydrogen) atoms. The Morgan fingerprint density at radius 3 is 2.91 bits per heavy atom. The number of para-hydroxylation sites is 1. The van der Waals surface area contributed by atoms with Gasteiger partial charge in [0.05, 0.1) is 6.54 Å². The second-order valence-corrected chi connectivity index (χ2v) is 5.18. The number of benzene rings is 1. The molecule has 0 saturated heterocycles. The fourth-order valence-electron chi connectivity index (χ4n) is 2.65. The third kappa shape index (κ3) is 2.21. The molecule has 4 aromatic rings. The van der Waals surface area contributed by atoms with Crippen molar-refractivity contribution in [2.24, 2.45) is 0 Å². The summed E-state index contributed by atoms with van der Waals surface area (Å²) in [5.74, 6) is 1.94. The Hall–Kier alpha value is -2.79. The van der Waals surface area contributed by atoms with Gasteiger partial charge in [0.2, 0.25) is 0 Å². The number of nitrogens with one attached hydrogen (secondary N) is 1. The number of fused-ring (bicyclic) bond motifs is 1. The van der Waals surface area contributed by atoms with Gasteiger partial charge in [-0.3, -0.25) is 0 Å². The van der Waals surface area contributed by atoms with E-state index in [0.717, 1.165) is 17.0 Å². The first-order valence-corrected chi connectivity index (χ1v) is 7.11. The van der Waals surface area contributed by atoms with Crippen LogP contribution in [0.25, 0.3) is 22.5 Å². The zero-order valence-corrected chi connectivity index (χ0v) is 11.9. The summed E-state index contributed by atoms with van der Waals surface area (Å²) in [6, 6.07) is 13.9. The summed E-state index contributed by atoms with van der Waals surface area (Å²) in [6.07, 6.45) is 3.67. The number of aromatic amines is 1. The fourth-order valence-corrected chi connectivity index (χ4v) is 2.65. The molecule has 5 nitrogen and oxygen atoms in total. The smallest absolute Gasteiger partial charge is 0.176 e. The van der Waals surface area contributed by atoms with Crippen molar-refractivity contribution in [3.63, 3.8) is 0 Å². The van der Waals surface area contributed by atoms with Gasteiger partial charge < -0.3 is 19.1 Å². The number of H-pyrrole nitrogens is 1. The number of furan rings is 1. The van der Waals surface area contributed by atoms with Crippen LogP contribution in [-0.4, -0.2) is 19.6 Å². The maximum Gasteiger partial charge on any atom is 0.176 e. The molecule has 3 aromatic heterocycles. The minimum atomic E-state index is -0.108. The summed E-state index contributed by atoms with van der Waals surface area (Å²) in [5, 5.41) is 10.3. The highest BCUT2D eigenvalue weighted by Gasteiger charge is 2.11. The number of rotatable bonds is 4. The quantitative estimate of drug-likeness (QED) is 0.607. The summed E-state index contributed by atoms with van der Waals surface area (Å²) in [4.78, 5) is 7.77. The van der Waals surface area contributed by atoms with Gasteiger partial charge in [0, 0.05) is 23.6 Å². The molecule has 0 aliphatic heterocycles. The Morgan fingerprint density at radius 1 is 1.18 bits per heavy atom. The lowest BCUT2D eigenvalue weighted by Crippen LogP contribution is -2.00. The first kappa shape index (κ1) is 12.9. The zero-order valence-electron chi connectivity index (χ0n) is 11.9. The molecule has 3 heterocycles.